The lowest BCUT2D eigenvalue weighted by molar-refractivity contribution is -0.125. The monoisotopic (exact) mass is 335 g/mol. The normalized spacial score (nSPS) is 17.3. The van der Waals surface area contributed by atoms with E-state index in [-0.39, 0.29) is 31.1 Å². The number of hydrogen-bond donors (Lipinski definition) is 0. The van der Waals surface area contributed by atoms with Crippen LogP contribution in [0.4, 0.5) is 4.79 Å². The van der Waals surface area contributed by atoms with Crippen LogP contribution in [0, 0.1) is 18.3 Å². The number of benzene rings is 1. The molecule has 0 radical (unpaired) electrons. The lowest BCUT2D eigenvalue weighted by atomic mass is 10.2. The van der Waals surface area contributed by atoms with Gasteiger partial charge in [-0.05, 0) is 31.9 Å². The molecule has 1 saturated carbocycles. The van der Waals surface area contributed by atoms with Crippen molar-refractivity contribution in [3.63, 3.8) is 0 Å². The third kappa shape index (κ3) is 2.56. The quantitative estimate of drug-likeness (QED) is 0.800. The maximum atomic E-state index is 12.6. The number of amides is 3. The average molecular weight is 335 g/mol. The van der Waals surface area contributed by atoms with E-state index < -0.39 is 0 Å². The van der Waals surface area contributed by atoms with Gasteiger partial charge in [0.05, 0.1) is 29.2 Å². The number of urea groups is 1. The maximum Gasteiger partial charge on any atom is 0.327 e. The molecule has 2 heterocycles. The predicted molar refractivity (Wildman–Crippen MR) is 88.7 cm³/mol. The van der Waals surface area contributed by atoms with E-state index >= 15 is 0 Å². The van der Waals surface area contributed by atoms with Crippen molar-refractivity contribution in [3.05, 3.63) is 47.3 Å². The summed E-state index contributed by atoms with van der Waals surface area (Å²) in [6.07, 6.45) is 1.91. The number of carbonyl (C=O) groups excluding carboxylic acids is 2. The molecule has 1 aliphatic carbocycles. The lowest BCUT2D eigenvalue weighted by Gasteiger charge is -2.17. The van der Waals surface area contributed by atoms with Gasteiger partial charge in [0.15, 0.2) is 0 Å². The van der Waals surface area contributed by atoms with Crippen LogP contribution in [0.25, 0.3) is 5.69 Å². The molecule has 2 fully saturated rings. The third-order valence-electron chi connectivity index (χ3n) is 4.65. The van der Waals surface area contributed by atoms with E-state index in [9.17, 15) is 14.9 Å². The van der Waals surface area contributed by atoms with Gasteiger partial charge >= 0.3 is 6.03 Å². The molecule has 0 atom stereocenters. The second-order valence-electron chi connectivity index (χ2n) is 6.39. The zero-order valence-electron chi connectivity index (χ0n) is 13.8. The molecular weight excluding hydrogens is 318 g/mol. The molecule has 3 amide bonds. The molecule has 0 unspecified atom stereocenters. The van der Waals surface area contributed by atoms with Crippen LogP contribution in [-0.4, -0.2) is 44.1 Å². The summed E-state index contributed by atoms with van der Waals surface area (Å²) in [6.45, 7) is 1.94. The van der Waals surface area contributed by atoms with Crippen molar-refractivity contribution in [3.8, 4) is 11.8 Å². The fourth-order valence-corrected chi connectivity index (χ4v) is 3.19. The van der Waals surface area contributed by atoms with E-state index in [1.54, 1.807) is 16.5 Å². The Balaban J connectivity index is 1.71. The van der Waals surface area contributed by atoms with E-state index in [0.717, 1.165) is 18.5 Å². The van der Waals surface area contributed by atoms with Gasteiger partial charge in [-0.15, -0.1) is 0 Å². The number of imide groups is 1. The minimum absolute atomic E-state index is 0.0551. The summed E-state index contributed by atoms with van der Waals surface area (Å²) in [6, 6.07) is 11.5. The lowest BCUT2D eigenvalue weighted by Crippen LogP contribution is -2.34. The molecule has 4 rings (SSSR count). The Hall–Kier alpha value is -3.14. The molecule has 1 aromatic carbocycles. The van der Waals surface area contributed by atoms with Crippen LogP contribution in [0.5, 0.6) is 0 Å². The predicted octanol–water partition coefficient (Wildman–Crippen LogP) is 1.98. The first kappa shape index (κ1) is 15.4. The van der Waals surface area contributed by atoms with Gasteiger partial charge in [0.2, 0.25) is 0 Å². The highest BCUT2D eigenvalue weighted by Gasteiger charge is 2.44. The number of carbonyl (C=O) groups is 2. The van der Waals surface area contributed by atoms with Crippen LogP contribution >= 0.6 is 0 Å². The Labute approximate surface area is 145 Å². The average Bonchev–Trinajstić information content (AvgIpc) is 3.36. The minimum Gasteiger partial charge on any atom is -0.312 e. The van der Waals surface area contributed by atoms with E-state index in [4.69, 9.17) is 0 Å². The molecule has 126 valence electrons. The van der Waals surface area contributed by atoms with Crippen LogP contribution in [0.3, 0.4) is 0 Å². The standard InChI is InChI=1S/C18H17N5O2/c1-12-15(9-19)16(23(20-12)14-5-3-2-4-6-14)10-22-17(24)11-21(18(22)25)13-7-8-13/h2-6,13H,7-8,10-11H2,1H3. The van der Waals surface area contributed by atoms with E-state index in [1.807, 2.05) is 30.3 Å². The molecule has 7 heteroatoms. The summed E-state index contributed by atoms with van der Waals surface area (Å²) < 4.78 is 1.65. The number of aryl methyl sites for hydroxylation is 1. The summed E-state index contributed by atoms with van der Waals surface area (Å²) >= 11 is 0. The fourth-order valence-electron chi connectivity index (χ4n) is 3.19. The third-order valence-corrected chi connectivity index (χ3v) is 4.65. The summed E-state index contributed by atoms with van der Waals surface area (Å²) in [5, 5.41) is 14.0. The van der Waals surface area contributed by atoms with Gasteiger partial charge in [-0.2, -0.15) is 10.4 Å². The second-order valence-corrected chi connectivity index (χ2v) is 6.39. The van der Waals surface area contributed by atoms with Crippen LogP contribution in [0.15, 0.2) is 30.3 Å². The highest BCUT2D eigenvalue weighted by atomic mass is 16.2. The fraction of sp³-hybridized carbons (Fsp3) is 0.333. The topological polar surface area (TPSA) is 82.2 Å². The molecule has 1 saturated heterocycles. The summed E-state index contributed by atoms with van der Waals surface area (Å²) in [7, 11) is 0. The van der Waals surface area contributed by atoms with Crippen LogP contribution in [0.2, 0.25) is 0 Å². The number of hydrogen-bond acceptors (Lipinski definition) is 4. The largest absolute Gasteiger partial charge is 0.327 e. The van der Waals surface area contributed by atoms with E-state index in [1.165, 1.54) is 4.90 Å². The molecule has 0 spiro atoms. The second kappa shape index (κ2) is 5.74. The van der Waals surface area contributed by atoms with Gasteiger partial charge < -0.3 is 4.90 Å². The first-order chi connectivity index (χ1) is 12.1. The molecule has 0 N–H and O–H groups in total. The van der Waals surface area contributed by atoms with E-state index in [2.05, 4.69) is 11.2 Å². The highest BCUT2D eigenvalue weighted by Crippen LogP contribution is 2.31. The molecule has 25 heavy (non-hydrogen) atoms. The Morgan fingerprint density at radius 1 is 1.24 bits per heavy atom. The molecular formula is C18H17N5O2. The number of nitrogens with zero attached hydrogens (tertiary/aromatic N) is 5. The van der Waals surface area contributed by atoms with Gasteiger partial charge in [-0.1, -0.05) is 18.2 Å². The Bertz CT molecular complexity index is 892. The van der Waals surface area contributed by atoms with Crippen molar-refractivity contribution in [1.82, 2.24) is 19.6 Å². The van der Waals surface area contributed by atoms with Crippen molar-refractivity contribution in [2.75, 3.05) is 6.54 Å². The van der Waals surface area contributed by atoms with Crippen molar-refractivity contribution in [2.24, 2.45) is 0 Å². The molecule has 1 aromatic heterocycles. The SMILES string of the molecule is Cc1nn(-c2ccccc2)c(CN2C(=O)CN(C3CC3)C2=O)c1C#N. The van der Waals surface area contributed by atoms with Gasteiger partial charge in [0.25, 0.3) is 5.91 Å². The number of para-hydroxylation sites is 1. The van der Waals surface area contributed by atoms with Gasteiger partial charge in [-0.25, -0.2) is 9.48 Å². The maximum absolute atomic E-state index is 12.6. The molecule has 7 nitrogen and oxygen atoms in total. The summed E-state index contributed by atoms with van der Waals surface area (Å²) in [5.41, 5.74) is 2.35. The highest BCUT2D eigenvalue weighted by molar-refractivity contribution is 6.02. The smallest absolute Gasteiger partial charge is 0.312 e. The first-order valence-corrected chi connectivity index (χ1v) is 8.25. The zero-order chi connectivity index (χ0) is 17.6. The van der Waals surface area contributed by atoms with Crippen LogP contribution in [0.1, 0.15) is 29.8 Å². The Morgan fingerprint density at radius 2 is 1.96 bits per heavy atom. The minimum atomic E-state index is -0.269. The number of nitriles is 1. The van der Waals surface area contributed by atoms with Crippen molar-refractivity contribution < 1.29 is 9.59 Å². The van der Waals surface area contributed by atoms with Gasteiger partial charge in [0, 0.05) is 6.04 Å². The van der Waals surface area contributed by atoms with Crippen LogP contribution < -0.4 is 0 Å². The molecule has 1 aliphatic heterocycles. The van der Waals surface area contributed by atoms with Crippen LogP contribution in [-0.2, 0) is 11.3 Å². The number of rotatable bonds is 4. The van der Waals surface area contributed by atoms with Crippen molar-refractivity contribution in [2.45, 2.75) is 32.4 Å². The first-order valence-electron chi connectivity index (χ1n) is 8.25. The molecule has 2 aliphatic rings. The number of aromatic nitrogens is 2. The summed E-state index contributed by atoms with van der Waals surface area (Å²) in [5.74, 6) is -0.223. The van der Waals surface area contributed by atoms with Crippen molar-refractivity contribution >= 4 is 11.9 Å². The Kier molecular flexibility index (Phi) is 3.53. The van der Waals surface area contributed by atoms with E-state index in [0.29, 0.717) is 17.0 Å². The molecule has 2 aromatic rings. The van der Waals surface area contributed by atoms with Crippen molar-refractivity contribution in [1.29, 1.82) is 5.26 Å². The summed E-state index contributed by atoms with van der Waals surface area (Å²) in [4.78, 5) is 27.8. The molecule has 0 bridgehead atoms. The zero-order valence-corrected chi connectivity index (χ0v) is 13.8. The van der Waals surface area contributed by atoms with Gasteiger partial charge in [-0.3, -0.25) is 9.69 Å². The Morgan fingerprint density at radius 3 is 2.60 bits per heavy atom. The van der Waals surface area contributed by atoms with Gasteiger partial charge in [0.1, 0.15) is 12.6 Å².